The van der Waals surface area contributed by atoms with Crippen LogP contribution in [0.25, 0.3) is 0 Å². The summed E-state index contributed by atoms with van der Waals surface area (Å²) in [6, 6.07) is 5.17. The molecule has 0 radical (unpaired) electrons. The summed E-state index contributed by atoms with van der Waals surface area (Å²) in [7, 11) is 4.43. The van der Waals surface area contributed by atoms with Crippen molar-refractivity contribution < 1.29 is 9.15 Å². The second-order valence-electron chi connectivity index (χ2n) is 5.47. The second kappa shape index (κ2) is 7.19. The lowest BCUT2D eigenvalue weighted by Gasteiger charge is -2.20. The zero-order valence-corrected chi connectivity index (χ0v) is 14.1. The lowest BCUT2D eigenvalue weighted by Crippen LogP contribution is -2.40. The van der Waals surface area contributed by atoms with Crippen molar-refractivity contribution in [3.05, 3.63) is 50.1 Å². The van der Waals surface area contributed by atoms with Crippen LogP contribution in [0, 0.1) is 18.3 Å². The molecule has 128 valence electrons. The Morgan fingerprint density at radius 3 is 2.58 bits per heavy atom. The molecule has 0 saturated heterocycles. The number of nitriles is 1. The molecule has 0 spiro atoms. The van der Waals surface area contributed by atoms with Crippen molar-refractivity contribution in [2.45, 2.75) is 19.4 Å². The monoisotopic (exact) mass is 332 g/mol. The maximum absolute atomic E-state index is 12.2. The number of rotatable bonds is 6. The van der Waals surface area contributed by atoms with Gasteiger partial charge in [-0.15, -0.1) is 0 Å². The van der Waals surface area contributed by atoms with Gasteiger partial charge in [0, 0.05) is 27.8 Å². The normalized spacial score (nSPS) is 12.0. The first-order chi connectivity index (χ1) is 11.4. The first-order valence-corrected chi connectivity index (χ1v) is 7.42. The Morgan fingerprint density at radius 1 is 1.33 bits per heavy atom. The zero-order chi connectivity index (χ0) is 17.9. The van der Waals surface area contributed by atoms with Crippen LogP contribution in [0.2, 0.25) is 0 Å². The van der Waals surface area contributed by atoms with Gasteiger partial charge in [-0.2, -0.15) is 5.26 Å². The van der Waals surface area contributed by atoms with Crippen molar-refractivity contribution in [3.63, 3.8) is 0 Å². The van der Waals surface area contributed by atoms with Gasteiger partial charge in [-0.25, -0.2) is 4.79 Å². The molecule has 0 amide bonds. The number of nitrogens with zero attached hydrogens (tertiary/aromatic N) is 3. The highest BCUT2D eigenvalue weighted by Crippen LogP contribution is 2.24. The molecule has 0 aliphatic rings. The fourth-order valence-corrected chi connectivity index (χ4v) is 2.44. The maximum atomic E-state index is 12.2. The number of hydrogen-bond acceptors (Lipinski definition) is 6. The molecule has 0 aliphatic heterocycles. The van der Waals surface area contributed by atoms with E-state index in [4.69, 9.17) is 9.15 Å². The predicted octanol–water partition coefficient (Wildman–Crippen LogP) is 1.05. The third-order valence-corrected chi connectivity index (χ3v) is 3.80. The Labute approximate surface area is 138 Å². The van der Waals surface area contributed by atoms with Gasteiger partial charge in [0.05, 0.1) is 6.04 Å². The van der Waals surface area contributed by atoms with Gasteiger partial charge in [0.1, 0.15) is 23.4 Å². The van der Waals surface area contributed by atoms with Crippen molar-refractivity contribution in [2.24, 2.45) is 14.1 Å². The Bertz CT molecular complexity index is 885. The number of aryl methyl sites for hydroxylation is 1. The molecule has 0 aromatic carbocycles. The molecule has 2 heterocycles. The quantitative estimate of drug-likeness (QED) is 0.848. The summed E-state index contributed by atoms with van der Waals surface area (Å²) in [5, 5.41) is 12.4. The SMILES string of the molecule is COCC[C@@H](Nc1c(C#N)c(=O)n(C)c(=O)n1C)c1ccc(C)o1. The van der Waals surface area contributed by atoms with Crippen molar-refractivity contribution in [3.8, 4) is 6.07 Å². The molecule has 0 bridgehead atoms. The van der Waals surface area contributed by atoms with Gasteiger partial charge in [0.15, 0.2) is 5.56 Å². The zero-order valence-electron chi connectivity index (χ0n) is 14.1. The third kappa shape index (κ3) is 3.26. The third-order valence-electron chi connectivity index (χ3n) is 3.80. The largest absolute Gasteiger partial charge is 0.464 e. The molecule has 0 saturated carbocycles. The van der Waals surface area contributed by atoms with Crippen LogP contribution >= 0.6 is 0 Å². The van der Waals surface area contributed by atoms with E-state index >= 15 is 0 Å². The van der Waals surface area contributed by atoms with Gasteiger partial charge in [-0.1, -0.05) is 0 Å². The Morgan fingerprint density at radius 2 is 2.04 bits per heavy atom. The summed E-state index contributed by atoms with van der Waals surface area (Å²) >= 11 is 0. The van der Waals surface area contributed by atoms with Gasteiger partial charge in [0.2, 0.25) is 0 Å². The molecule has 0 aliphatic carbocycles. The Kier molecular flexibility index (Phi) is 5.26. The molecular formula is C16H20N4O4. The molecule has 8 nitrogen and oxygen atoms in total. The summed E-state index contributed by atoms with van der Waals surface area (Å²) in [5.41, 5.74) is -1.27. The van der Waals surface area contributed by atoms with E-state index in [1.54, 1.807) is 7.11 Å². The van der Waals surface area contributed by atoms with Gasteiger partial charge >= 0.3 is 5.69 Å². The maximum Gasteiger partial charge on any atom is 0.332 e. The summed E-state index contributed by atoms with van der Waals surface area (Å²) < 4.78 is 12.9. The first-order valence-electron chi connectivity index (χ1n) is 7.42. The van der Waals surface area contributed by atoms with Crippen molar-refractivity contribution in [2.75, 3.05) is 19.0 Å². The fraction of sp³-hybridized carbons (Fsp3) is 0.438. The van der Waals surface area contributed by atoms with Crippen LogP contribution < -0.4 is 16.6 Å². The fourth-order valence-electron chi connectivity index (χ4n) is 2.44. The van der Waals surface area contributed by atoms with E-state index in [-0.39, 0.29) is 17.4 Å². The van der Waals surface area contributed by atoms with Crippen molar-refractivity contribution in [1.29, 1.82) is 5.26 Å². The van der Waals surface area contributed by atoms with E-state index < -0.39 is 11.2 Å². The number of hydrogen-bond donors (Lipinski definition) is 1. The van der Waals surface area contributed by atoms with Crippen LogP contribution in [0.5, 0.6) is 0 Å². The molecule has 0 unspecified atom stereocenters. The van der Waals surface area contributed by atoms with Crippen LogP contribution in [0.15, 0.2) is 26.1 Å². The lowest BCUT2D eigenvalue weighted by molar-refractivity contribution is 0.187. The minimum Gasteiger partial charge on any atom is -0.464 e. The molecule has 1 N–H and O–H groups in total. The summed E-state index contributed by atoms with van der Waals surface area (Å²) in [6.07, 6.45) is 0.539. The molecular weight excluding hydrogens is 312 g/mol. The average Bonchev–Trinajstić information content (AvgIpc) is 3.00. The predicted molar refractivity (Wildman–Crippen MR) is 87.9 cm³/mol. The number of nitrogens with one attached hydrogen (secondary N) is 1. The smallest absolute Gasteiger partial charge is 0.332 e. The minimum atomic E-state index is -0.635. The highest BCUT2D eigenvalue weighted by atomic mass is 16.5. The highest BCUT2D eigenvalue weighted by molar-refractivity contribution is 5.52. The number of furan rings is 1. The number of ether oxygens (including phenoxy) is 1. The van der Waals surface area contributed by atoms with Crippen LogP contribution in [0.1, 0.15) is 29.5 Å². The van der Waals surface area contributed by atoms with E-state index in [2.05, 4.69) is 5.32 Å². The number of aromatic nitrogens is 2. The van der Waals surface area contributed by atoms with Crippen molar-refractivity contribution >= 4 is 5.82 Å². The molecule has 2 aromatic rings. The van der Waals surface area contributed by atoms with E-state index in [0.29, 0.717) is 18.8 Å². The molecule has 2 aromatic heterocycles. The topological polar surface area (TPSA) is 102 Å². The molecule has 2 rings (SSSR count). The van der Waals surface area contributed by atoms with Crippen LogP contribution in [-0.4, -0.2) is 22.9 Å². The van der Waals surface area contributed by atoms with E-state index in [1.165, 1.54) is 18.7 Å². The number of anilines is 1. The van der Waals surface area contributed by atoms with Gasteiger partial charge in [-0.3, -0.25) is 13.9 Å². The highest BCUT2D eigenvalue weighted by Gasteiger charge is 2.21. The summed E-state index contributed by atoms with van der Waals surface area (Å²) in [5.74, 6) is 1.55. The van der Waals surface area contributed by atoms with Crippen LogP contribution in [-0.2, 0) is 18.8 Å². The van der Waals surface area contributed by atoms with Gasteiger partial charge in [-0.05, 0) is 25.5 Å². The van der Waals surface area contributed by atoms with E-state index in [9.17, 15) is 14.9 Å². The molecule has 8 heteroatoms. The van der Waals surface area contributed by atoms with Gasteiger partial charge in [0.25, 0.3) is 5.56 Å². The Hall–Kier alpha value is -2.79. The van der Waals surface area contributed by atoms with E-state index in [0.717, 1.165) is 10.3 Å². The lowest BCUT2D eigenvalue weighted by atomic mass is 10.1. The molecule has 0 fully saturated rings. The standard InChI is InChI=1S/C16H20N4O4/c1-10-5-6-13(24-10)12(7-8-23-4)18-14-11(9-17)15(21)20(3)16(22)19(14)2/h5-6,12,18H,7-8H2,1-4H3/t12-/m1/s1. The minimum absolute atomic E-state index is 0.120. The van der Waals surface area contributed by atoms with Crippen LogP contribution in [0.4, 0.5) is 5.82 Å². The van der Waals surface area contributed by atoms with Gasteiger partial charge < -0.3 is 14.5 Å². The van der Waals surface area contributed by atoms with Crippen molar-refractivity contribution in [1.82, 2.24) is 9.13 Å². The first kappa shape index (κ1) is 17.6. The summed E-state index contributed by atoms with van der Waals surface area (Å²) in [4.78, 5) is 24.3. The average molecular weight is 332 g/mol. The Balaban J connectivity index is 2.52. The van der Waals surface area contributed by atoms with E-state index in [1.807, 2.05) is 25.1 Å². The van der Waals surface area contributed by atoms with Crippen LogP contribution in [0.3, 0.4) is 0 Å². The second-order valence-corrected chi connectivity index (χ2v) is 5.47. The molecule has 1 atom stereocenters. The molecule has 24 heavy (non-hydrogen) atoms. The number of methoxy groups -OCH3 is 1. The summed E-state index contributed by atoms with van der Waals surface area (Å²) in [6.45, 7) is 2.27.